The minimum Gasteiger partial charge on any atom is -0.303 e. The number of likely N-dealkylation sites (tertiary alicyclic amines) is 3. The predicted molar refractivity (Wildman–Crippen MR) is 113 cm³/mol. The molecular weight excluding hydrogens is 318 g/mol. The summed E-state index contributed by atoms with van der Waals surface area (Å²) in [7, 11) is 0. The smallest absolute Gasteiger partial charge is 0.0125 e. The minimum absolute atomic E-state index is 0.348. The topological polar surface area (TPSA) is 9.72 Å². The van der Waals surface area contributed by atoms with E-state index in [0.717, 1.165) is 17.9 Å². The molecule has 1 unspecified atom stereocenters. The first-order valence-electron chi connectivity index (χ1n) is 11.3. The fraction of sp³-hybridized carbons (Fsp3) is 1.00. The van der Waals surface area contributed by atoms with Gasteiger partial charge in [-0.25, -0.2) is 0 Å². The summed E-state index contributed by atoms with van der Waals surface area (Å²) < 4.78 is 0. The Labute approximate surface area is 163 Å². The Bertz CT molecular complexity index is 431. The van der Waals surface area contributed by atoms with E-state index in [2.05, 4.69) is 56.2 Å². The molecule has 3 aliphatic rings. The quantitative estimate of drug-likeness (QED) is 0.739. The van der Waals surface area contributed by atoms with E-state index in [-0.39, 0.29) is 0 Å². The molecule has 26 heavy (non-hydrogen) atoms. The van der Waals surface area contributed by atoms with E-state index in [9.17, 15) is 0 Å². The molecule has 0 saturated carbocycles. The zero-order valence-electron chi connectivity index (χ0n) is 18.6. The van der Waals surface area contributed by atoms with E-state index in [0.29, 0.717) is 11.0 Å². The average molecular weight is 364 g/mol. The molecule has 3 heteroatoms. The summed E-state index contributed by atoms with van der Waals surface area (Å²) in [5.74, 6) is 1.82. The van der Waals surface area contributed by atoms with Crippen LogP contribution in [-0.4, -0.2) is 72.1 Å². The molecule has 1 atom stereocenters. The van der Waals surface area contributed by atoms with Gasteiger partial charge in [-0.2, -0.15) is 0 Å². The molecule has 3 saturated heterocycles. The van der Waals surface area contributed by atoms with Crippen molar-refractivity contribution in [3.63, 3.8) is 0 Å². The van der Waals surface area contributed by atoms with Crippen LogP contribution >= 0.6 is 0 Å². The SMILES string of the molecule is CC(C)(C)C1CCN(C2CCN(CC3CCN(C(C)(C)C)C3)CC2)CC1. The van der Waals surface area contributed by atoms with Crippen LogP contribution in [-0.2, 0) is 0 Å². The van der Waals surface area contributed by atoms with Gasteiger partial charge >= 0.3 is 0 Å². The molecule has 0 amide bonds. The van der Waals surface area contributed by atoms with Crippen LogP contribution in [0, 0.1) is 17.3 Å². The van der Waals surface area contributed by atoms with Crippen LogP contribution in [0.1, 0.15) is 73.6 Å². The third-order valence-electron chi connectivity index (χ3n) is 7.58. The van der Waals surface area contributed by atoms with Crippen molar-refractivity contribution < 1.29 is 0 Å². The standard InChI is InChI=1S/C23H45N3/c1-22(2,3)20-8-14-25(15-9-20)21-10-12-24(13-11-21)17-19-7-16-26(18-19)23(4,5)6/h19-21H,7-18H2,1-6H3. The van der Waals surface area contributed by atoms with Gasteiger partial charge in [0.15, 0.2) is 0 Å². The van der Waals surface area contributed by atoms with Crippen molar-refractivity contribution in [3.05, 3.63) is 0 Å². The second-order valence-electron chi connectivity index (χ2n) is 11.5. The first-order chi connectivity index (χ1) is 12.1. The maximum absolute atomic E-state index is 2.83. The molecule has 3 aliphatic heterocycles. The van der Waals surface area contributed by atoms with Crippen molar-refractivity contribution in [2.24, 2.45) is 17.3 Å². The molecule has 0 aromatic carbocycles. The summed E-state index contributed by atoms with van der Waals surface area (Å²) >= 11 is 0. The third kappa shape index (κ3) is 5.23. The number of hydrogen-bond acceptors (Lipinski definition) is 3. The predicted octanol–water partition coefficient (Wildman–Crippen LogP) is 4.33. The van der Waals surface area contributed by atoms with Gasteiger partial charge in [-0.3, -0.25) is 4.90 Å². The monoisotopic (exact) mass is 363 g/mol. The summed E-state index contributed by atoms with van der Waals surface area (Å²) in [6.45, 7) is 23.7. The van der Waals surface area contributed by atoms with E-state index < -0.39 is 0 Å². The lowest BCUT2D eigenvalue weighted by atomic mass is 9.75. The highest BCUT2D eigenvalue weighted by Gasteiger charge is 2.34. The summed E-state index contributed by atoms with van der Waals surface area (Å²) in [4.78, 5) is 8.29. The Hall–Kier alpha value is -0.120. The molecule has 3 fully saturated rings. The molecule has 0 bridgehead atoms. The molecular formula is C23H45N3. The highest BCUT2D eigenvalue weighted by atomic mass is 15.2. The van der Waals surface area contributed by atoms with Crippen LogP contribution < -0.4 is 0 Å². The van der Waals surface area contributed by atoms with E-state index in [1.54, 1.807) is 0 Å². The Balaban J connectivity index is 1.38. The van der Waals surface area contributed by atoms with E-state index in [1.807, 2.05) is 0 Å². The highest BCUT2D eigenvalue weighted by Crippen LogP contribution is 2.35. The number of rotatable bonds is 3. The van der Waals surface area contributed by atoms with Gasteiger partial charge in [0.05, 0.1) is 0 Å². The van der Waals surface area contributed by atoms with E-state index >= 15 is 0 Å². The zero-order valence-corrected chi connectivity index (χ0v) is 18.6. The molecule has 3 heterocycles. The first-order valence-corrected chi connectivity index (χ1v) is 11.3. The zero-order chi connectivity index (χ0) is 18.9. The van der Waals surface area contributed by atoms with Crippen molar-refractivity contribution in [2.45, 2.75) is 85.2 Å². The van der Waals surface area contributed by atoms with Crippen molar-refractivity contribution in [1.29, 1.82) is 0 Å². The molecule has 0 aliphatic carbocycles. The van der Waals surface area contributed by atoms with Crippen LogP contribution in [0.15, 0.2) is 0 Å². The van der Waals surface area contributed by atoms with Crippen LogP contribution in [0.3, 0.4) is 0 Å². The molecule has 0 radical (unpaired) electrons. The Morgan fingerprint density at radius 1 is 0.731 bits per heavy atom. The highest BCUT2D eigenvalue weighted by molar-refractivity contribution is 4.89. The number of nitrogens with zero attached hydrogens (tertiary/aromatic N) is 3. The molecule has 0 N–H and O–H groups in total. The van der Waals surface area contributed by atoms with Crippen molar-refractivity contribution in [1.82, 2.24) is 14.7 Å². The molecule has 3 rings (SSSR count). The lowest BCUT2D eigenvalue weighted by molar-refractivity contribution is 0.0486. The van der Waals surface area contributed by atoms with E-state index in [4.69, 9.17) is 0 Å². The largest absolute Gasteiger partial charge is 0.303 e. The lowest BCUT2D eigenvalue weighted by Gasteiger charge is -2.44. The molecule has 0 aromatic heterocycles. The second-order valence-corrected chi connectivity index (χ2v) is 11.5. The Kier molecular flexibility index (Phi) is 6.41. The average Bonchev–Trinajstić information content (AvgIpc) is 3.04. The van der Waals surface area contributed by atoms with Gasteiger partial charge in [-0.05, 0) is 103 Å². The maximum Gasteiger partial charge on any atom is 0.0125 e. The summed E-state index contributed by atoms with van der Waals surface area (Å²) in [5, 5.41) is 0. The fourth-order valence-electron chi connectivity index (χ4n) is 5.55. The van der Waals surface area contributed by atoms with Gasteiger partial charge in [-0.15, -0.1) is 0 Å². The van der Waals surface area contributed by atoms with Crippen LogP contribution in [0.25, 0.3) is 0 Å². The van der Waals surface area contributed by atoms with Crippen LogP contribution in [0.2, 0.25) is 0 Å². The van der Waals surface area contributed by atoms with Gasteiger partial charge in [0.1, 0.15) is 0 Å². The van der Waals surface area contributed by atoms with Gasteiger partial charge in [0, 0.05) is 24.7 Å². The Morgan fingerprint density at radius 3 is 1.85 bits per heavy atom. The van der Waals surface area contributed by atoms with Crippen LogP contribution in [0.5, 0.6) is 0 Å². The number of piperidine rings is 2. The van der Waals surface area contributed by atoms with Crippen LogP contribution in [0.4, 0.5) is 0 Å². The Morgan fingerprint density at radius 2 is 1.35 bits per heavy atom. The normalized spacial score (nSPS) is 29.5. The van der Waals surface area contributed by atoms with E-state index in [1.165, 1.54) is 77.9 Å². The van der Waals surface area contributed by atoms with Gasteiger partial charge < -0.3 is 9.80 Å². The van der Waals surface area contributed by atoms with Gasteiger partial charge in [0.25, 0.3) is 0 Å². The van der Waals surface area contributed by atoms with Gasteiger partial charge in [-0.1, -0.05) is 20.8 Å². The van der Waals surface area contributed by atoms with Crippen molar-refractivity contribution in [3.8, 4) is 0 Å². The molecule has 3 nitrogen and oxygen atoms in total. The summed E-state index contributed by atoms with van der Waals surface area (Å²) in [6.07, 6.45) is 7.02. The molecule has 0 spiro atoms. The third-order valence-corrected chi connectivity index (χ3v) is 7.58. The fourth-order valence-corrected chi connectivity index (χ4v) is 5.55. The lowest BCUT2D eigenvalue weighted by Crippen LogP contribution is -2.49. The first kappa shape index (κ1) is 20.6. The van der Waals surface area contributed by atoms with Gasteiger partial charge in [0.2, 0.25) is 0 Å². The summed E-state index contributed by atoms with van der Waals surface area (Å²) in [6, 6.07) is 0.863. The maximum atomic E-state index is 2.83. The number of hydrogen-bond donors (Lipinski definition) is 0. The molecule has 152 valence electrons. The minimum atomic E-state index is 0.348. The van der Waals surface area contributed by atoms with Crippen molar-refractivity contribution >= 4 is 0 Å². The summed E-state index contributed by atoms with van der Waals surface area (Å²) in [5.41, 5.74) is 0.846. The molecule has 0 aromatic rings. The van der Waals surface area contributed by atoms with Crippen molar-refractivity contribution in [2.75, 3.05) is 45.8 Å². The second kappa shape index (κ2) is 8.09.